The number of benzene rings is 3. The van der Waals surface area contributed by atoms with E-state index < -0.39 is 22.4 Å². The van der Waals surface area contributed by atoms with E-state index in [0.717, 1.165) is 45.5 Å². The van der Waals surface area contributed by atoms with Crippen molar-refractivity contribution in [2.45, 2.75) is 20.0 Å². The molecule has 0 aliphatic heterocycles. The number of alkyl halides is 3. The fourth-order valence-electron chi connectivity index (χ4n) is 3.82. The van der Waals surface area contributed by atoms with Crippen LogP contribution in [-0.2, 0) is 6.18 Å². The molecule has 1 heterocycles. The molecule has 4 rings (SSSR count). The number of nitro benzene ring substituents is 1. The van der Waals surface area contributed by atoms with Crippen molar-refractivity contribution in [2.24, 2.45) is 5.10 Å². The number of aryl methyl sites for hydroxylation is 1. The van der Waals surface area contributed by atoms with Gasteiger partial charge in [-0.2, -0.15) is 18.3 Å². The van der Waals surface area contributed by atoms with Gasteiger partial charge in [-0.3, -0.25) is 15.5 Å². The zero-order valence-electron chi connectivity index (χ0n) is 17.7. The van der Waals surface area contributed by atoms with E-state index in [0.29, 0.717) is 6.07 Å². The molecule has 0 radical (unpaired) electrons. The molecule has 0 spiro atoms. The lowest BCUT2D eigenvalue weighted by molar-refractivity contribution is -0.384. The summed E-state index contributed by atoms with van der Waals surface area (Å²) in [6.45, 7) is 3.89. The molecule has 0 amide bonds. The van der Waals surface area contributed by atoms with Gasteiger partial charge in [-0.1, -0.05) is 36.4 Å². The molecule has 0 saturated heterocycles. The third-order valence-corrected chi connectivity index (χ3v) is 5.39. The second-order valence-corrected chi connectivity index (χ2v) is 7.52. The first-order valence-electron chi connectivity index (χ1n) is 9.98. The van der Waals surface area contributed by atoms with Crippen LogP contribution in [0.15, 0.2) is 71.8 Å². The molecule has 0 aliphatic rings. The summed E-state index contributed by atoms with van der Waals surface area (Å²) in [6, 6.07) is 18.3. The second kappa shape index (κ2) is 8.42. The van der Waals surface area contributed by atoms with Gasteiger partial charge in [0.25, 0.3) is 5.69 Å². The molecule has 6 nitrogen and oxygen atoms in total. The van der Waals surface area contributed by atoms with Crippen LogP contribution >= 0.6 is 0 Å². The highest BCUT2D eigenvalue weighted by Gasteiger charge is 2.33. The average Bonchev–Trinajstić information content (AvgIpc) is 3.05. The van der Waals surface area contributed by atoms with Crippen LogP contribution in [0.1, 0.15) is 22.5 Å². The Bertz CT molecular complexity index is 1390. The van der Waals surface area contributed by atoms with Crippen molar-refractivity contribution in [1.82, 2.24) is 4.57 Å². The molecule has 0 saturated carbocycles. The predicted octanol–water partition coefficient (Wildman–Crippen LogP) is 6.62. The molecular formula is C24H19F3N4O2. The van der Waals surface area contributed by atoms with E-state index in [4.69, 9.17) is 0 Å². The van der Waals surface area contributed by atoms with Gasteiger partial charge in [0.1, 0.15) is 5.69 Å². The first-order valence-corrected chi connectivity index (χ1v) is 9.98. The number of nitrogens with zero attached hydrogens (tertiary/aromatic N) is 3. The van der Waals surface area contributed by atoms with Crippen molar-refractivity contribution in [3.63, 3.8) is 0 Å². The Kier molecular flexibility index (Phi) is 5.63. The summed E-state index contributed by atoms with van der Waals surface area (Å²) in [6.07, 6.45) is -3.18. The molecule has 0 aliphatic carbocycles. The molecule has 1 aromatic heterocycles. The van der Waals surface area contributed by atoms with Gasteiger partial charge in [-0.15, -0.1) is 0 Å². The Labute approximate surface area is 187 Å². The van der Waals surface area contributed by atoms with E-state index in [-0.39, 0.29) is 5.69 Å². The summed E-state index contributed by atoms with van der Waals surface area (Å²) in [5, 5.41) is 17.5. The summed E-state index contributed by atoms with van der Waals surface area (Å²) >= 11 is 0. The van der Waals surface area contributed by atoms with Crippen LogP contribution in [0.4, 0.5) is 24.5 Å². The van der Waals surface area contributed by atoms with E-state index in [2.05, 4.69) is 15.1 Å². The van der Waals surface area contributed by atoms with Gasteiger partial charge >= 0.3 is 6.18 Å². The predicted molar refractivity (Wildman–Crippen MR) is 122 cm³/mol. The largest absolute Gasteiger partial charge is 0.416 e. The SMILES string of the molecule is Cc1cc(/C=N\Nc2ccc(C(F)(F)F)cc2[N+](=O)[O-])c(C)n1-c1cccc2ccccc12. The second-order valence-electron chi connectivity index (χ2n) is 7.52. The summed E-state index contributed by atoms with van der Waals surface area (Å²) < 4.78 is 40.7. The number of aromatic nitrogens is 1. The van der Waals surface area contributed by atoms with E-state index in [9.17, 15) is 23.3 Å². The third-order valence-electron chi connectivity index (χ3n) is 5.39. The van der Waals surface area contributed by atoms with Gasteiger partial charge in [-0.05, 0) is 43.5 Å². The average molecular weight is 452 g/mol. The van der Waals surface area contributed by atoms with Crippen molar-refractivity contribution in [3.8, 4) is 5.69 Å². The van der Waals surface area contributed by atoms with E-state index >= 15 is 0 Å². The monoisotopic (exact) mass is 452 g/mol. The fourth-order valence-corrected chi connectivity index (χ4v) is 3.82. The van der Waals surface area contributed by atoms with Gasteiger partial charge in [0.05, 0.1) is 22.4 Å². The number of nitrogens with one attached hydrogen (secondary N) is 1. The Morgan fingerprint density at radius 3 is 2.48 bits per heavy atom. The van der Waals surface area contributed by atoms with E-state index in [1.54, 1.807) is 0 Å². The Hall–Kier alpha value is -4.14. The fraction of sp³-hybridized carbons (Fsp3) is 0.125. The Balaban J connectivity index is 1.65. The summed E-state index contributed by atoms with van der Waals surface area (Å²) in [5.74, 6) is 0. The van der Waals surface area contributed by atoms with Gasteiger partial charge in [0.15, 0.2) is 0 Å². The Morgan fingerprint density at radius 2 is 1.76 bits per heavy atom. The minimum absolute atomic E-state index is 0.132. The lowest BCUT2D eigenvalue weighted by Crippen LogP contribution is -2.06. The van der Waals surface area contributed by atoms with Crippen LogP contribution in [-0.4, -0.2) is 15.7 Å². The van der Waals surface area contributed by atoms with Crippen LogP contribution in [0.25, 0.3) is 16.5 Å². The topological polar surface area (TPSA) is 72.5 Å². The molecule has 4 aromatic rings. The van der Waals surface area contributed by atoms with Crippen molar-refractivity contribution in [2.75, 3.05) is 5.43 Å². The maximum atomic E-state index is 12.9. The number of anilines is 1. The van der Waals surface area contributed by atoms with Crippen LogP contribution in [0.3, 0.4) is 0 Å². The minimum atomic E-state index is -4.67. The van der Waals surface area contributed by atoms with Crippen molar-refractivity contribution >= 4 is 28.4 Å². The summed E-state index contributed by atoms with van der Waals surface area (Å²) in [5.41, 5.74) is 4.20. The molecule has 0 atom stereocenters. The highest BCUT2D eigenvalue weighted by molar-refractivity contribution is 5.91. The van der Waals surface area contributed by atoms with Crippen molar-refractivity contribution < 1.29 is 18.1 Å². The number of halogens is 3. The zero-order valence-corrected chi connectivity index (χ0v) is 17.7. The highest BCUT2D eigenvalue weighted by atomic mass is 19.4. The zero-order chi connectivity index (χ0) is 23.8. The van der Waals surface area contributed by atoms with Crippen molar-refractivity contribution in [3.05, 3.63) is 99.4 Å². The van der Waals surface area contributed by atoms with Crippen LogP contribution in [0, 0.1) is 24.0 Å². The molecule has 3 aromatic carbocycles. The molecule has 1 N–H and O–H groups in total. The Morgan fingerprint density at radius 1 is 1.03 bits per heavy atom. The molecular weight excluding hydrogens is 433 g/mol. The lowest BCUT2D eigenvalue weighted by Gasteiger charge is -2.13. The summed E-state index contributed by atoms with van der Waals surface area (Å²) in [4.78, 5) is 10.4. The molecule has 168 valence electrons. The first kappa shape index (κ1) is 22.1. The highest BCUT2D eigenvalue weighted by Crippen LogP contribution is 2.35. The van der Waals surface area contributed by atoms with Crippen molar-refractivity contribution in [1.29, 1.82) is 0 Å². The number of hydrogen-bond donors (Lipinski definition) is 1. The van der Waals surface area contributed by atoms with Gasteiger partial charge < -0.3 is 4.57 Å². The quantitative estimate of drug-likeness (QED) is 0.210. The summed E-state index contributed by atoms with van der Waals surface area (Å²) in [7, 11) is 0. The van der Waals surface area contributed by atoms with Crippen LogP contribution < -0.4 is 5.43 Å². The van der Waals surface area contributed by atoms with E-state index in [1.807, 2.05) is 62.4 Å². The lowest BCUT2D eigenvalue weighted by atomic mass is 10.1. The normalized spacial score (nSPS) is 11.9. The molecule has 0 unspecified atom stereocenters. The minimum Gasteiger partial charge on any atom is -0.317 e. The van der Waals surface area contributed by atoms with Gasteiger partial charge in [0, 0.05) is 28.4 Å². The van der Waals surface area contributed by atoms with Crippen LogP contribution in [0.2, 0.25) is 0 Å². The molecule has 33 heavy (non-hydrogen) atoms. The molecule has 0 bridgehead atoms. The maximum absolute atomic E-state index is 12.9. The molecule has 0 fully saturated rings. The van der Waals surface area contributed by atoms with E-state index in [1.165, 1.54) is 6.21 Å². The number of hydrogen-bond acceptors (Lipinski definition) is 4. The maximum Gasteiger partial charge on any atom is 0.416 e. The van der Waals surface area contributed by atoms with Crippen LogP contribution in [0.5, 0.6) is 0 Å². The van der Waals surface area contributed by atoms with Gasteiger partial charge in [-0.25, -0.2) is 0 Å². The number of hydrazone groups is 1. The number of nitro groups is 1. The third kappa shape index (κ3) is 4.30. The standard InChI is InChI=1S/C24H19F3N4O2/c1-15-12-18(16(2)30(15)22-9-5-7-17-6-3-4-8-20(17)22)14-28-29-21-11-10-19(24(25,26)27)13-23(21)31(32)33/h3-14,29H,1-2H3/b28-14-. The molecule has 9 heteroatoms. The first-order chi connectivity index (χ1) is 15.7. The number of rotatable bonds is 5. The van der Waals surface area contributed by atoms with Gasteiger partial charge in [0.2, 0.25) is 0 Å². The smallest absolute Gasteiger partial charge is 0.317 e. The number of fused-ring (bicyclic) bond motifs is 1.